The zero-order valence-corrected chi connectivity index (χ0v) is 10.2. The van der Waals surface area contributed by atoms with Gasteiger partial charge in [0.15, 0.2) is 0 Å². The van der Waals surface area contributed by atoms with Gasteiger partial charge in [-0.2, -0.15) is 0 Å². The fourth-order valence-corrected chi connectivity index (χ4v) is 2.10. The van der Waals surface area contributed by atoms with Gasteiger partial charge < -0.3 is 11.1 Å². The maximum Gasteiger partial charge on any atom is 0.231 e. The van der Waals surface area contributed by atoms with E-state index in [9.17, 15) is 4.79 Å². The lowest BCUT2D eigenvalue weighted by Crippen LogP contribution is -2.24. The molecule has 0 bridgehead atoms. The first-order valence-electron chi connectivity index (χ1n) is 5.88. The van der Waals surface area contributed by atoms with Gasteiger partial charge in [0.2, 0.25) is 5.91 Å². The normalized spacial score (nSPS) is 22.8. The molecule has 0 fully saturated rings. The Hall–Kier alpha value is -1.61. The highest BCUT2D eigenvalue weighted by Crippen LogP contribution is 2.21. The zero-order valence-electron chi connectivity index (χ0n) is 10.2. The van der Waals surface area contributed by atoms with Crippen molar-refractivity contribution in [3.05, 3.63) is 41.5 Å². The quantitative estimate of drug-likeness (QED) is 0.765. The highest BCUT2D eigenvalue weighted by atomic mass is 16.1. The molecule has 1 aliphatic rings. The minimum Gasteiger partial charge on any atom is -0.325 e. The molecule has 3 N–H and O–H groups in total. The number of rotatable bonds is 2. The van der Waals surface area contributed by atoms with E-state index >= 15 is 0 Å². The van der Waals surface area contributed by atoms with Crippen molar-refractivity contribution in [3.8, 4) is 0 Å². The third-order valence-corrected chi connectivity index (χ3v) is 3.09. The van der Waals surface area contributed by atoms with E-state index in [-0.39, 0.29) is 17.9 Å². The molecule has 17 heavy (non-hydrogen) atoms. The second-order valence-electron chi connectivity index (χ2n) is 4.70. The van der Waals surface area contributed by atoms with Crippen molar-refractivity contribution < 1.29 is 4.79 Å². The van der Waals surface area contributed by atoms with Crippen LogP contribution in [0.25, 0.3) is 0 Å². The van der Waals surface area contributed by atoms with Crippen molar-refractivity contribution in [3.63, 3.8) is 0 Å². The summed E-state index contributed by atoms with van der Waals surface area (Å²) in [6, 6.07) is 6.02. The summed E-state index contributed by atoms with van der Waals surface area (Å²) in [4.78, 5) is 12.0. The summed E-state index contributed by atoms with van der Waals surface area (Å²) < 4.78 is 0. The average molecular weight is 230 g/mol. The molecule has 1 amide bonds. The monoisotopic (exact) mass is 230 g/mol. The summed E-state index contributed by atoms with van der Waals surface area (Å²) in [6.45, 7) is 4.04. The Morgan fingerprint density at radius 2 is 2.12 bits per heavy atom. The third-order valence-electron chi connectivity index (χ3n) is 3.09. The number of nitrogens with two attached hydrogens (primary N) is 1. The lowest BCUT2D eigenvalue weighted by molar-refractivity contribution is -0.118. The highest BCUT2D eigenvalue weighted by molar-refractivity contribution is 5.94. The third kappa shape index (κ3) is 2.74. The maximum absolute atomic E-state index is 12.0. The van der Waals surface area contributed by atoms with Crippen molar-refractivity contribution >= 4 is 11.6 Å². The number of carbonyl (C=O) groups is 1. The van der Waals surface area contributed by atoms with E-state index in [0.717, 1.165) is 11.3 Å². The van der Waals surface area contributed by atoms with Crippen LogP contribution in [-0.2, 0) is 4.79 Å². The van der Waals surface area contributed by atoms with Gasteiger partial charge in [0.25, 0.3) is 0 Å². The number of benzene rings is 1. The number of hydrogen-bond acceptors (Lipinski definition) is 2. The Balaban J connectivity index is 2.06. The number of amides is 1. The van der Waals surface area contributed by atoms with Gasteiger partial charge in [-0.25, -0.2) is 0 Å². The molecular formula is C14H18N2O. The van der Waals surface area contributed by atoms with Crippen LogP contribution in [0.2, 0.25) is 0 Å². The lowest BCUT2D eigenvalue weighted by Gasteiger charge is -2.12. The summed E-state index contributed by atoms with van der Waals surface area (Å²) in [5.41, 5.74) is 8.91. The molecule has 90 valence electrons. The molecule has 0 spiro atoms. The van der Waals surface area contributed by atoms with Crippen LogP contribution in [-0.4, -0.2) is 11.9 Å². The second-order valence-corrected chi connectivity index (χ2v) is 4.70. The van der Waals surface area contributed by atoms with E-state index in [2.05, 4.69) is 11.4 Å². The van der Waals surface area contributed by atoms with Crippen molar-refractivity contribution in [2.75, 3.05) is 5.32 Å². The Kier molecular flexibility index (Phi) is 3.29. The number of nitrogens with one attached hydrogen (secondary N) is 1. The first-order valence-corrected chi connectivity index (χ1v) is 5.88. The van der Waals surface area contributed by atoms with Gasteiger partial charge >= 0.3 is 0 Å². The molecule has 3 heteroatoms. The Morgan fingerprint density at radius 1 is 1.35 bits per heavy atom. The molecule has 0 heterocycles. The molecule has 0 saturated carbocycles. The summed E-state index contributed by atoms with van der Waals surface area (Å²) in [7, 11) is 0. The van der Waals surface area contributed by atoms with Crippen LogP contribution in [0.4, 0.5) is 5.69 Å². The first-order chi connectivity index (χ1) is 8.06. The summed E-state index contributed by atoms with van der Waals surface area (Å²) in [6.07, 6.45) is 4.49. The molecule has 0 radical (unpaired) electrons. The van der Waals surface area contributed by atoms with Crippen molar-refractivity contribution in [1.82, 2.24) is 0 Å². The zero-order chi connectivity index (χ0) is 12.4. The van der Waals surface area contributed by atoms with Crippen LogP contribution in [0.15, 0.2) is 30.4 Å². The molecule has 2 unspecified atom stereocenters. The topological polar surface area (TPSA) is 55.1 Å². The lowest BCUT2D eigenvalue weighted by atomic mass is 10.1. The molecule has 0 saturated heterocycles. The highest BCUT2D eigenvalue weighted by Gasteiger charge is 2.22. The SMILES string of the molecule is Cc1ccc(NC(=O)C2C=CC(N)C2)c(C)c1. The molecule has 0 aliphatic heterocycles. The second kappa shape index (κ2) is 4.72. The van der Waals surface area contributed by atoms with Crippen LogP contribution in [0.3, 0.4) is 0 Å². The molecule has 1 aromatic rings. The summed E-state index contributed by atoms with van der Waals surface area (Å²) in [5.74, 6) is -0.0631. The fourth-order valence-electron chi connectivity index (χ4n) is 2.10. The molecule has 2 rings (SSSR count). The Bertz CT molecular complexity index is 465. The summed E-state index contributed by atoms with van der Waals surface area (Å²) in [5, 5.41) is 2.95. The van der Waals surface area contributed by atoms with E-state index in [1.807, 2.05) is 38.1 Å². The average Bonchev–Trinajstić information content (AvgIpc) is 2.69. The predicted octanol–water partition coefficient (Wildman–Crippen LogP) is 2.15. The minimum absolute atomic E-state index is 0.0184. The number of aryl methyl sites for hydroxylation is 2. The van der Waals surface area contributed by atoms with Gasteiger partial charge in [-0.05, 0) is 31.9 Å². The molecule has 3 nitrogen and oxygen atoms in total. The number of hydrogen-bond donors (Lipinski definition) is 2. The van der Waals surface area contributed by atoms with Gasteiger partial charge in [-0.3, -0.25) is 4.79 Å². The van der Waals surface area contributed by atoms with E-state index < -0.39 is 0 Å². The standard InChI is InChI=1S/C14H18N2O/c1-9-3-6-13(10(2)7-9)16-14(17)11-4-5-12(15)8-11/h3-7,11-12H,8,15H2,1-2H3,(H,16,17). The van der Waals surface area contributed by atoms with Crippen LogP contribution in [0.5, 0.6) is 0 Å². The van der Waals surface area contributed by atoms with Gasteiger partial charge in [0.05, 0.1) is 5.92 Å². The van der Waals surface area contributed by atoms with Crippen molar-refractivity contribution in [2.24, 2.45) is 11.7 Å². The Labute approximate surface area is 102 Å². The number of anilines is 1. The summed E-state index contributed by atoms with van der Waals surface area (Å²) >= 11 is 0. The molecular weight excluding hydrogens is 212 g/mol. The minimum atomic E-state index is -0.0919. The predicted molar refractivity (Wildman–Crippen MR) is 69.8 cm³/mol. The number of carbonyl (C=O) groups excluding carboxylic acids is 1. The van der Waals surface area contributed by atoms with Gasteiger partial charge in [0, 0.05) is 11.7 Å². The molecule has 2 atom stereocenters. The van der Waals surface area contributed by atoms with Gasteiger partial charge in [-0.1, -0.05) is 29.8 Å². The largest absolute Gasteiger partial charge is 0.325 e. The Morgan fingerprint density at radius 3 is 2.71 bits per heavy atom. The van der Waals surface area contributed by atoms with Crippen LogP contribution < -0.4 is 11.1 Å². The molecule has 1 aromatic carbocycles. The maximum atomic E-state index is 12.0. The first kappa shape index (κ1) is 11.9. The van der Waals surface area contributed by atoms with Crippen molar-refractivity contribution in [2.45, 2.75) is 26.3 Å². The molecule has 1 aliphatic carbocycles. The van der Waals surface area contributed by atoms with Gasteiger partial charge in [0.1, 0.15) is 0 Å². The van der Waals surface area contributed by atoms with Crippen LogP contribution in [0.1, 0.15) is 17.5 Å². The van der Waals surface area contributed by atoms with Crippen LogP contribution in [0, 0.1) is 19.8 Å². The van der Waals surface area contributed by atoms with E-state index in [1.165, 1.54) is 5.56 Å². The van der Waals surface area contributed by atoms with E-state index in [1.54, 1.807) is 0 Å². The van der Waals surface area contributed by atoms with Gasteiger partial charge in [-0.15, -0.1) is 0 Å². The fraction of sp³-hybridized carbons (Fsp3) is 0.357. The van der Waals surface area contributed by atoms with E-state index in [0.29, 0.717) is 6.42 Å². The smallest absolute Gasteiger partial charge is 0.231 e. The van der Waals surface area contributed by atoms with E-state index in [4.69, 9.17) is 5.73 Å². The molecule has 0 aromatic heterocycles. The van der Waals surface area contributed by atoms with Crippen molar-refractivity contribution in [1.29, 1.82) is 0 Å². The van der Waals surface area contributed by atoms with Crippen LogP contribution >= 0.6 is 0 Å².